The highest BCUT2D eigenvalue weighted by Crippen LogP contribution is 2.41. The Hall–Kier alpha value is -1.36. The molecule has 1 amide bonds. The fourth-order valence-electron chi connectivity index (χ4n) is 5.57. The lowest BCUT2D eigenvalue weighted by atomic mass is 9.69. The van der Waals surface area contributed by atoms with Crippen LogP contribution in [0.3, 0.4) is 0 Å². The number of rotatable bonds is 3. The lowest BCUT2D eigenvalue weighted by Crippen LogP contribution is -2.50. The number of aryl methyl sites for hydroxylation is 1. The number of nitrogens with zero attached hydrogens (tertiary/aromatic N) is 2. The molecule has 158 valence electrons. The van der Waals surface area contributed by atoms with Crippen molar-refractivity contribution in [1.82, 2.24) is 20.4 Å². The van der Waals surface area contributed by atoms with Crippen molar-refractivity contribution >= 4 is 5.91 Å². The summed E-state index contributed by atoms with van der Waals surface area (Å²) in [6.45, 7) is 8.92. The van der Waals surface area contributed by atoms with Gasteiger partial charge in [0.15, 0.2) is 0 Å². The summed E-state index contributed by atoms with van der Waals surface area (Å²) in [5.41, 5.74) is 1.22. The van der Waals surface area contributed by atoms with Crippen LogP contribution in [0.25, 0.3) is 0 Å². The molecule has 1 aliphatic carbocycles. The molecule has 1 aromatic rings. The Morgan fingerprint density at radius 2 is 2.00 bits per heavy atom. The van der Waals surface area contributed by atoms with Crippen molar-refractivity contribution in [2.75, 3.05) is 13.1 Å². The van der Waals surface area contributed by atoms with Crippen molar-refractivity contribution in [3.05, 3.63) is 18.0 Å². The van der Waals surface area contributed by atoms with Gasteiger partial charge >= 0.3 is 0 Å². The first-order chi connectivity index (χ1) is 13.3. The third-order valence-corrected chi connectivity index (χ3v) is 7.30. The van der Waals surface area contributed by atoms with Gasteiger partial charge in [-0.15, -0.1) is 0 Å². The van der Waals surface area contributed by atoms with Crippen molar-refractivity contribution < 1.29 is 4.79 Å². The van der Waals surface area contributed by atoms with Crippen molar-refractivity contribution in [1.29, 1.82) is 0 Å². The van der Waals surface area contributed by atoms with Crippen LogP contribution >= 0.6 is 0 Å². The van der Waals surface area contributed by atoms with Gasteiger partial charge < -0.3 is 10.6 Å². The average Bonchev–Trinajstić information content (AvgIpc) is 3.09. The number of amides is 1. The van der Waals surface area contributed by atoms with Crippen LogP contribution in [0.1, 0.15) is 84.3 Å². The molecule has 28 heavy (non-hydrogen) atoms. The van der Waals surface area contributed by atoms with Gasteiger partial charge in [0.2, 0.25) is 5.91 Å². The van der Waals surface area contributed by atoms with Crippen LogP contribution in [0, 0.1) is 11.3 Å². The van der Waals surface area contributed by atoms with E-state index in [1.165, 1.54) is 25.0 Å². The molecular formula is C23H40N4O. The summed E-state index contributed by atoms with van der Waals surface area (Å²) >= 11 is 0. The minimum Gasteiger partial charge on any atom is -0.352 e. The Morgan fingerprint density at radius 1 is 1.21 bits per heavy atom. The maximum absolute atomic E-state index is 13.3. The van der Waals surface area contributed by atoms with E-state index in [0.29, 0.717) is 12.0 Å². The molecule has 1 aromatic heterocycles. The van der Waals surface area contributed by atoms with Crippen molar-refractivity contribution in [2.24, 2.45) is 18.4 Å². The summed E-state index contributed by atoms with van der Waals surface area (Å²) < 4.78 is 2.04. The molecule has 5 nitrogen and oxygen atoms in total. The minimum absolute atomic E-state index is 0.146. The van der Waals surface area contributed by atoms with Gasteiger partial charge in [-0.25, -0.2) is 0 Å². The Balaban J connectivity index is 1.71. The monoisotopic (exact) mass is 388 g/mol. The zero-order valence-electron chi connectivity index (χ0n) is 18.4. The summed E-state index contributed by atoms with van der Waals surface area (Å²) in [6.07, 6.45) is 12.0. The van der Waals surface area contributed by atoms with Gasteiger partial charge in [-0.05, 0) is 57.1 Å². The van der Waals surface area contributed by atoms with Crippen LogP contribution in [0.2, 0.25) is 0 Å². The molecule has 2 aliphatic rings. The third kappa shape index (κ3) is 4.97. The smallest absolute Gasteiger partial charge is 0.226 e. The second kappa shape index (κ2) is 8.98. The summed E-state index contributed by atoms with van der Waals surface area (Å²) in [5.74, 6) is 0.852. The first-order valence-corrected chi connectivity index (χ1v) is 11.3. The van der Waals surface area contributed by atoms with E-state index >= 15 is 0 Å². The zero-order chi connectivity index (χ0) is 20.2. The molecule has 0 spiro atoms. The van der Waals surface area contributed by atoms with Crippen molar-refractivity contribution in [3.8, 4) is 0 Å². The third-order valence-electron chi connectivity index (χ3n) is 7.30. The van der Waals surface area contributed by atoms with Crippen molar-refractivity contribution in [2.45, 2.75) is 90.0 Å². The van der Waals surface area contributed by atoms with E-state index in [9.17, 15) is 4.79 Å². The Bertz CT molecular complexity index is 651. The van der Waals surface area contributed by atoms with Gasteiger partial charge in [0, 0.05) is 42.4 Å². The van der Waals surface area contributed by atoms with E-state index in [4.69, 9.17) is 0 Å². The van der Waals surface area contributed by atoms with Crippen LogP contribution in [-0.4, -0.2) is 34.8 Å². The van der Waals surface area contributed by atoms with Gasteiger partial charge in [-0.2, -0.15) is 5.10 Å². The lowest BCUT2D eigenvalue weighted by molar-refractivity contribution is -0.132. The molecule has 0 radical (unpaired) electrons. The molecule has 0 bridgehead atoms. The van der Waals surface area contributed by atoms with Crippen LogP contribution < -0.4 is 10.6 Å². The Labute approximate surface area is 171 Å². The Kier molecular flexibility index (Phi) is 6.85. The number of nitrogens with one attached hydrogen (secondary N) is 2. The molecule has 1 aliphatic heterocycles. The molecule has 3 unspecified atom stereocenters. The van der Waals surface area contributed by atoms with E-state index in [2.05, 4.69) is 49.6 Å². The molecule has 1 saturated carbocycles. The number of hydrogen-bond acceptors (Lipinski definition) is 3. The molecule has 1 saturated heterocycles. The van der Waals surface area contributed by atoms with Crippen LogP contribution in [0.5, 0.6) is 0 Å². The normalized spacial score (nSPS) is 35.3. The minimum atomic E-state index is -0.262. The lowest BCUT2D eigenvalue weighted by Gasteiger charge is -2.37. The highest BCUT2D eigenvalue weighted by Gasteiger charge is 2.38. The number of carbonyl (C=O) groups is 1. The zero-order valence-corrected chi connectivity index (χ0v) is 18.4. The summed E-state index contributed by atoms with van der Waals surface area (Å²) in [6, 6.07) is 2.47. The SMILES string of the molecule is CC1CCCC(C)(c2ccnn2C)CCCC(C)(C(=O)N[C@H]2CCCNC2)C1. The van der Waals surface area contributed by atoms with E-state index in [-0.39, 0.29) is 16.7 Å². The predicted octanol–water partition coefficient (Wildman–Crippen LogP) is 3.93. The molecule has 4 atom stereocenters. The van der Waals surface area contributed by atoms with Crippen LogP contribution in [0.15, 0.2) is 12.3 Å². The highest BCUT2D eigenvalue weighted by molar-refractivity contribution is 5.82. The van der Waals surface area contributed by atoms with Gasteiger partial charge in [0.25, 0.3) is 0 Å². The van der Waals surface area contributed by atoms with Gasteiger partial charge in [0.05, 0.1) is 0 Å². The van der Waals surface area contributed by atoms with Crippen LogP contribution in [0.4, 0.5) is 0 Å². The summed E-state index contributed by atoms with van der Waals surface area (Å²) in [7, 11) is 2.05. The molecule has 2 fully saturated rings. The maximum Gasteiger partial charge on any atom is 0.226 e. The highest BCUT2D eigenvalue weighted by atomic mass is 16.2. The molecule has 2 heterocycles. The van der Waals surface area contributed by atoms with E-state index in [0.717, 1.165) is 51.6 Å². The maximum atomic E-state index is 13.3. The van der Waals surface area contributed by atoms with Crippen LogP contribution in [-0.2, 0) is 17.3 Å². The largest absolute Gasteiger partial charge is 0.352 e. The second-order valence-corrected chi connectivity index (χ2v) is 10.0. The number of aromatic nitrogens is 2. The predicted molar refractivity (Wildman–Crippen MR) is 114 cm³/mol. The van der Waals surface area contributed by atoms with E-state index < -0.39 is 0 Å². The topological polar surface area (TPSA) is 59.0 Å². The van der Waals surface area contributed by atoms with Gasteiger partial charge in [0.1, 0.15) is 0 Å². The second-order valence-electron chi connectivity index (χ2n) is 10.0. The standard InChI is InChI=1S/C23H40N4O/c1-18-8-5-11-22(2,20-10-15-25-27(20)4)12-7-13-23(3,16-18)21(28)26-19-9-6-14-24-17-19/h10,15,18-19,24H,5-9,11-14,16-17H2,1-4H3,(H,26,28)/t18?,19-,22?,23?/m0/s1. The number of piperidine rings is 1. The molecule has 0 aromatic carbocycles. The summed E-state index contributed by atoms with van der Waals surface area (Å²) in [5, 5.41) is 11.2. The van der Waals surface area contributed by atoms with Crippen molar-refractivity contribution in [3.63, 3.8) is 0 Å². The molecule has 3 rings (SSSR count). The fourth-order valence-corrected chi connectivity index (χ4v) is 5.57. The Morgan fingerprint density at radius 3 is 2.68 bits per heavy atom. The first-order valence-electron chi connectivity index (χ1n) is 11.3. The number of hydrogen-bond donors (Lipinski definition) is 2. The molecular weight excluding hydrogens is 348 g/mol. The summed E-state index contributed by atoms with van der Waals surface area (Å²) in [4.78, 5) is 13.3. The fraction of sp³-hybridized carbons (Fsp3) is 0.826. The average molecular weight is 389 g/mol. The van der Waals surface area contributed by atoms with E-state index in [1.807, 2.05) is 10.9 Å². The van der Waals surface area contributed by atoms with Gasteiger partial charge in [-0.3, -0.25) is 9.48 Å². The number of carbonyl (C=O) groups excluding carboxylic acids is 1. The quantitative estimate of drug-likeness (QED) is 0.825. The first kappa shape index (κ1) is 21.4. The molecule has 2 N–H and O–H groups in total. The van der Waals surface area contributed by atoms with Gasteiger partial charge in [-0.1, -0.05) is 40.0 Å². The van der Waals surface area contributed by atoms with E-state index in [1.54, 1.807) is 0 Å². The molecule has 5 heteroatoms.